The number of ether oxygens (including phenoxy) is 2. The third-order valence-electron chi connectivity index (χ3n) is 4.53. The molecule has 29 heavy (non-hydrogen) atoms. The third-order valence-corrected chi connectivity index (χ3v) is 4.53. The van der Waals surface area contributed by atoms with Crippen molar-refractivity contribution >= 4 is 29.9 Å². The number of aromatic nitrogens is 1. The molecule has 1 atom stereocenters. The number of pyridine rings is 1. The van der Waals surface area contributed by atoms with Gasteiger partial charge in [-0.2, -0.15) is 0 Å². The minimum atomic E-state index is -0.302. The average molecular weight is 514 g/mol. The molecule has 2 heterocycles. The fourth-order valence-electron chi connectivity index (χ4n) is 2.99. The molecule has 1 unspecified atom stereocenters. The zero-order valence-corrected chi connectivity index (χ0v) is 19.1. The van der Waals surface area contributed by atoms with Crippen LogP contribution in [0.3, 0.4) is 0 Å². The Labute approximate surface area is 188 Å². The first kappa shape index (κ1) is 23.3. The molecule has 0 bridgehead atoms. The quantitative estimate of drug-likeness (QED) is 0.329. The van der Waals surface area contributed by atoms with Crippen molar-refractivity contribution < 1.29 is 13.9 Å². The highest BCUT2D eigenvalue weighted by Gasteiger charge is 2.29. The Bertz CT molecular complexity index is 796. The lowest BCUT2D eigenvalue weighted by atomic mass is 10.0. The zero-order valence-electron chi connectivity index (χ0n) is 16.8. The van der Waals surface area contributed by atoms with E-state index in [1.807, 2.05) is 19.1 Å². The molecule has 2 aromatic rings. The van der Waals surface area contributed by atoms with E-state index in [-0.39, 0.29) is 35.4 Å². The van der Waals surface area contributed by atoms with Crippen molar-refractivity contribution in [3.8, 4) is 11.6 Å². The summed E-state index contributed by atoms with van der Waals surface area (Å²) in [7, 11) is 0. The van der Waals surface area contributed by atoms with E-state index in [4.69, 9.17) is 9.47 Å². The van der Waals surface area contributed by atoms with Gasteiger partial charge in [0, 0.05) is 32.0 Å². The van der Waals surface area contributed by atoms with Crippen LogP contribution in [0.2, 0.25) is 0 Å². The molecule has 1 aromatic heterocycles. The van der Waals surface area contributed by atoms with E-state index in [9.17, 15) is 4.39 Å². The predicted molar refractivity (Wildman–Crippen MR) is 123 cm³/mol. The molecule has 2 N–H and O–H groups in total. The Hall–Kier alpha value is -1.94. The standard InChI is InChI=1S/C21H27FN4O2.HI/c1-3-23-20(26-15-21(2)10-4-12-27-21)25-14-16-9-11-24-19(13-16)28-18-7-5-17(22)6-8-18;/h5-9,11,13H,3-4,10,12,14-15H2,1-2H3,(H2,23,25,26);1H. The molecule has 158 valence electrons. The summed E-state index contributed by atoms with van der Waals surface area (Å²) in [6.07, 6.45) is 3.82. The molecule has 1 aliphatic heterocycles. The highest BCUT2D eigenvalue weighted by molar-refractivity contribution is 14.0. The lowest BCUT2D eigenvalue weighted by Gasteiger charge is -2.24. The van der Waals surface area contributed by atoms with Gasteiger partial charge in [-0.1, -0.05) is 0 Å². The van der Waals surface area contributed by atoms with Crippen molar-refractivity contribution in [2.24, 2.45) is 4.99 Å². The molecular weight excluding hydrogens is 486 g/mol. The number of benzene rings is 1. The monoisotopic (exact) mass is 514 g/mol. The molecule has 0 spiro atoms. The number of rotatable bonds is 7. The number of nitrogens with zero attached hydrogens (tertiary/aromatic N) is 2. The van der Waals surface area contributed by atoms with Gasteiger partial charge in [-0.15, -0.1) is 24.0 Å². The molecule has 0 radical (unpaired) electrons. The number of aliphatic imine (C=N–C) groups is 1. The number of guanidine groups is 1. The largest absolute Gasteiger partial charge is 0.439 e. The van der Waals surface area contributed by atoms with E-state index >= 15 is 0 Å². The van der Waals surface area contributed by atoms with Crippen LogP contribution in [0.1, 0.15) is 32.3 Å². The normalized spacial score (nSPS) is 18.8. The van der Waals surface area contributed by atoms with Crippen molar-refractivity contribution in [2.75, 3.05) is 19.7 Å². The van der Waals surface area contributed by atoms with Gasteiger partial charge in [-0.3, -0.25) is 0 Å². The van der Waals surface area contributed by atoms with Crippen LogP contribution in [-0.2, 0) is 11.3 Å². The SMILES string of the molecule is CCNC(=NCc1ccnc(Oc2ccc(F)cc2)c1)NCC1(C)CCCO1.I. The van der Waals surface area contributed by atoms with Crippen LogP contribution in [0.15, 0.2) is 47.6 Å². The fourth-order valence-corrected chi connectivity index (χ4v) is 2.99. The van der Waals surface area contributed by atoms with Gasteiger partial charge in [0.2, 0.25) is 5.88 Å². The van der Waals surface area contributed by atoms with Crippen LogP contribution in [0.4, 0.5) is 4.39 Å². The Kier molecular flexibility index (Phi) is 9.09. The summed E-state index contributed by atoms with van der Waals surface area (Å²) < 4.78 is 24.5. The second-order valence-corrected chi connectivity index (χ2v) is 7.01. The molecule has 0 saturated carbocycles. The summed E-state index contributed by atoms with van der Waals surface area (Å²) in [5.74, 6) is 1.43. The molecule has 6 nitrogen and oxygen atoms in total. The first-order valence-electron chi connectivity index (χ1n) is 9.61. The van der Waals surface area contributed by atoms with Crippen molar-refractivity contribution in [1.29, 1.82) is 0 Å². The van der Waals surface area contributed by atoms with Crippen molar-refractivity contribution in [3.05, 3.63) is 54.0 Å². The van der Waals surface area contributed by atoms with Crippen LogP contribution >= 0.6 is 24.0 Å². The first-order valence-corrected chi connectivity index (χ1v) is 9.61. The van der Waals surface area contributed by atoms with Gasteiger partial charge in [0.1, 0.15) is 11.6 Å². The number of nitrogens with one attached hydrogen (secondary N) is 2. The van der Waals surface area contributed by atoms with Crippen LogP contribution < -0.4 is 15.4 Å². The van der Waals surface area contributed by atoms with Gasteiger partial charge in [-0.25, -0.2) is 14.4 Å². The van der Waals surface area contributed by atoms with Crippen molar-refractivity contribution in [1.82, 2.24) is 15.6 Å². The number of hydrogen-bond donors (Lipinski definition) is 2. The lowest BCUT2D eigenvalue weighted by molar-refractivity contribution is 0.0243. The highest BCUT2D eigenvalue weighted by atomic mass is 127. The van der Waals surface area contributed by atoms with E-state index in [0.717, 1.165) is 37.5 Å². The van der Waals surface area contributed by atoms with Crippen LogP contribution in [0, 0.1) is 5.82 Å². The Morgan fingerprint density at radius 3 is 2.76 bits per heavy atom. The maximum atomic E-state index is 13.0. The summed E-state index contributed by atoms with van der Waals surface area (Å²) in [5.41, 5.74) is 0.830. The van der Waals surface area contributed by atoms with E-state index in [1.54, 1.807) is 18.3 Å². The van der Waals surface area contributed by atoms with Crippen LogP contribution in [0.5, 0.6) is 11.6 Å². The van der Waals surface area contributed by atoms with E-state index in [0.29, 0.717) is 24.7 Å². The average Bonchev–Trinajstić information content (AvgIpc) is 3.13. The minimum absolute atomic E-state index is 0. The maximum absolute atomic E-state index is 13.0. The molecule has 1 saturated heterocycles. The van der Waals surface area contributed by atoms with Gasteiger partial charge in [0.15, 0.2) is 5.96 Å². The Morgan fingerprint density at radius 2 is 2.07 bits per heavy atom. The first-order chi connectivity index (χ1) is 13.6. The topological polar surface area (TPSA) is 67.8 Å². The van der Waals surface area contributed by atoms with E-state index in [1.165, 1.54) is 12.1 Å². The molecule has 0 aliphatic carbocycles. The summed E-state index contributed by atoms with van der Waals surface area (Å²) in [6.45, 7) is 6.95. The lowest BCUT2D eigenvalue weighted by Crippen LogP contribution is -2.45. The van der Waals surface area contributed by atoms with Crippen molar-refractivity contribution in [2.45, 2.75) is 38.8 Å². The molecule has 3 rings (SSSR count). The summed E-state index contributed by atoms with van der Waals surface area (Å²) in [5, 5.41) is 6.62. The molecule has 1 fully saturated rings. The number of hydrogen-bond acceptors (Lipinski definition) is 4. The van der Waals surface area contributed by atoms with Gasteiger partial charge < -0.3 is 20.1 Å². The van der Waals surface area contributed by atoms with Gasteiger partial charge >= 0.3 is 0 Å². The Morgan fingerprint density at radius 1 is 1.28 bits per heavy atom. The predicted octanol–water partition coefficient (Wildman–Crippen LogP) is 4.26. The number of halogens is 2. The van der Waals surface area contributed by atoms with Gasteiger partial charge in [0.05, 0.1) is 12.1 Å². The molecule has 1 aliphatic rings. The molecule has 1 aromatic carbocycles. The fraction of sp³-hybridized carbons (Fsp3) is 0.429. The van der Waals surface area contributed by atoms with E-state index in [2.05, 4.69) is 27.5 Å². The molecule has 8 heteroatoms. The van der Waals surface area contributed by atoms with Crippen LogP contribution in [0.25, 0.3) is 0 Å². The summed E-state index contributed by atoms with van der Waals surface area (Å²) >= 11 is 0. The van der Waals surface area contributed by atoms with Gasteiger partial charge in [0.25, 0.3) is 0 Å². The second-order valence-electron chi connectivity index (χ2n) is 7.01. The third kappa shape index (κ3) is 7.43. The van der Waals surface area contributed by atoms with Gasteiger partial charge in [-0.05, 0) is 62.6 Å². The highest BCUT2D eigenvalue weighted by Crippen LogP contribution is 2.24. The van der Waals surface area contributed by atoms with E-state index < -0.39 is 0 Å². The van der Waals surface area contributed by atoms with Crippen LogP contribution in [-0.4, -0.2) is 36.2 Å². The summed E-state index contributed by atoms with van der Waals surface area (Å²) in [4.78, 5) is 8.85. The van der Waals surface area contributed by atoms with Crippen molar-refractivity contribution in [3.63, 3.8) is 0 Å². The summed E-state index contributed by atoms with van der Waals surface area (Å²) in [6, 6.07) is 9.57. The Balaban J connectivity index is 0.00000300. The minimum Gasteiger partial charge on any atom is -0.439 e. The smallest absolute Gasteiger partial charge is 0.219 e. The maximum Gasteiger partial charge on any atom is 0.219 e. The zero-order chi connectivity index (χ0) is 19.8. The second kappa shape index (κ2) is 11.3. The molecular formula is C21H28FIN4O2. The molecule has 0 amide bonds.